The molecule has 1 aromatic heterocycles. The van der Waals surface area contributed by atoms with Gasteiger partial charge in [0.05, 0.1) is 0 Å². The van der Waals surface area contributed by atoms with Crippen LogP contribution >= 0.6 is 11.8 Å². The van der Waals surface area contributed by atoms with Gasteiger partial charge in [0.1, 0.15) is 11.4 Å². The zero-order valence-corrected chi connectivity index (χ0v) is 11.9. The highest BCUT2D eigenvalue weighted by Gasteiger charge is 2.24. The van der Waals surface area contributed by atoms with Crippen LogP contribution in [0.25, 0.3) is 33.3 Å². The second-order valence-corrected chi connectivity index (χ2v) is 5.91. The van der Waals surface area contributed by atoms with Crippen LogP contribution in [-0.4, -0.2) is 20.9 Å². The van der Waals surface area contributed by atoms with Crippen LogP contribution in [0, 0.1) is 0 Å². The van der Waals surface area contributed by atoms with E-state index in [0.717, 1.165) is 34.3 Å². The average Bonchev–Trinajstić information content (AvgIpc) is 2.82. The second kappa shape index (κ2) is 4.56. The van der Waals surface area contributed by atoms with Crippen molar-refractivity contribution in [2.45, 2.75) is 18.5 Å². The molecule has 2 aromatic carbocycles. The maximum atomic E-state index is 4.72. The highest BCUT2D eigenvalue weighted by atomic mass is 32.2. The van der Waals surface area contributed by atoms with Crippen LogP contribution in [0.4, 0.5) is 0 Å². The largest absolute Gasteiger partial charge is 0.219 e. The molecule has 0 saturated heterocycles. The van der Waals surface area contributed by atoms with Gasteiger partial charge in [-0.3, -0.25) is 0 Å². The first-order valence-corrected chi connectivity index (χ1v) is 7.77. The van der Waals surface area contributed by atoms with Crippen molar-refractivity contribution in [3.05, 3.63) is 36.4 Å². The van der Waals surface area contributed by atoms with E-state index in [1.54, 1.807) is 11.8 Å². The van der Waals surface area contributed by atoms with Crippen LogP contribution < -0.4 is 0 Å². The minimum atomic E-state index is 0.774. The van der Waals surface area contributed by atoms with Crippen molar-refractivity contribution >= 4 is 22.5 Å². The third-order valence-electron chi connectivity index (χ3n) is 3.52. The molecule has 0 fully saturated rings. The van der Waals surface area contributed by atoms with Gasteiger partial charge in [-0.05, 0) is 11.8 Å². The van der Waals surface area contributed by atoms with Crippen LogP contribution in [0.2, 0.25) is 0 Å². The Morgan fingerprint density at radius 2 is 1.70 bits per heavy atom. The molecular weight excluding hydrogens is 266 g/mol. The van der Waals surface area contributed by atoms with E-state index in [1.807, 2.05) is 0 Å². The minimum absolute atomic E-state index is 0.774. The standard InChI is InChI=1S/C16H13N3S/c1-2-9-20-16-17-14-11-7-3-5-10-6-4-8-12(13(10)11)15(14)18-19-16/h3-8H,2,9H2,1H3. The molecule has 0 bridgehead atoms. The van der Waals surface area contributed by atoms with Crippen molar-refractivity contribution in [3.63, 3.8) is 0 Å². The van der Waals surface area contributed by atoms with Gasteiger partial charge in [-0.2, -0.15) is 0 Å². The molecule has 4 heteroatoms. The summed E-state index contributed by atoms with van der Waals surface area (Å²) >= 11 is 1.67. The summed E-state index contributed by atoms with van der Waals surface area (Å²) in [6, 6.07) is 12.6. The van der Waals surface area contributed by atoms with Crippen molar-refractivity contribution in [1.82, 2.24) is 15.2 Å². The van der Waals surface area contributed by atoms with E-state index < -0.39 is 0 Å². The van der Waals surface area contributed by atoms with Crippen LogP contribution in [0.3, 0.4) is 0 Å². The minimum Gasteiger partial charge on any atom is -0.219 e. The summed E-state index contributed by atoms with van der Waals surface area (Å²) < 4.78 is 0. The van der Waals surface area contributed by atoms with Crippen LogP contribution in [0.15, 0.2) is 41.6 Å². The predicted molar refractivity (Wildman–Crippen MR) is 82.8 cm³/mol. The number of benzene rings is 2. The molecule has 0 aliphatic heterocycles. The molecule has 0 atom stereocenters. The molecule has 98 valence electrons. The Labute approximate surface area is 121 Å². The molecule has 0 spiro atoms. The Hall–Kier alpha value is -1.94. The summed E-state index contributed by atoms with van der Waals surface area (Å²) in [5.41, 5.74) is 4.23. The number of thioether (sulfide) groups is 1. The quantitative estimate of drug-likeness (QED) is 0.527. The summed E-state index contributed by atoms with van der Waals surface area (Å²) in [5.74, 6) is 1.03. The molecule has 3 nitrogen and oxygen atoms in total. The smallest absolute Gasteiger partial charge is 0.209 e. The highest BCUT2D eigenvalue weighted by Crippen LogP contribution is 2.44. The van der Waals surface area contributed by atoms with Crippen LogP contribution in [0.5, 0.6) is 0 Å². The Morgan fingerprint density at radius 1 is 0.950 bits per heavy atom. The first-order valence-electron chi connectivity index (χ1n) is 6.78. The van der Waals surface area contributed by atoms with Crippen molar-refractivity contribution in [2.24, 2.45) is 0 Å². The zero-order chi connectivity index (χ0) is 13.5. The third-order valence-corrected chi connectivity index (χ3v) is 4.56. The molecule has 0 radical (unpaired) electrons. The first kappa shape index (κ1) is 11.9. The molecule has 20 heavy (non-hydrogen) atoms. The normalized spacial score (nSPS) is 11.8. The van der Waals surface area contributed by atoms with E-state index in [1.165, 1.54) is 16.3 Å². The van der Waals surface area contributed by atoms with Gasteiger partial charge in [-0.1, -0.05) is 55.1 Å². The molecule has 1 heterocycles. The van der Waals surface area contributed by atoms with Gasteiger partial charge in [-0.15, -0.1) is 10.2 Å². The Kier molecular flexibility index (Phi) is 2.70. The molecular formula is C16H13N3S. The van der Waals surface area contributed by atoms with E-state index in [2.05, 4.69) is 53.5 Å². The molecule has 0 N–H and O–H groups in total. The molecule has 1 aliphatic rings. The summed E-state index contributed by atoms with van der Waals surface area (Å²) in [6.45, 7) is 2.16. The van der Waals surface area contributed by atoms with E-state index in [9.17, 15) is 0 Å². The lowest BCUT2D eigenvalue weighted by atomic mass is 10.0. The number of hydrogen-bond acceptors (Lipinski definition) is 4. The number of aromatic nitrogens is 3. The lowest BCUT2D eigenvalue weighted by Crippen LogP contribution is -1.95. The molecule has 3 aromatic rings. The highest BCUT2D eigenvalue weighted by molar-refractivity contribution is 7.99. The molecule has 0 amide bonds. The van der Waals surface area contributed by atoms with Gasteiger partial charge >= 0.3 is 0 Å². The first-order chi connectivity index (χ1) is 9.88. The van der Waals surface area contributed by atoms with Gasteiger partial charge in [0.15, 0.2) is 0 Å². The van der Waals surface area contributed by atoms with Crippen molar-refractivity contribution in [2.75, 3.05) is 5.75 Å². The lowest BCUT2D eigenvalue weighted by molar-refractivity contribution is 0.852. The molecule has 0 saturated carbocycles. The zero-order valence-electron chi connectivity index (χ0n) is 11.1. The average molecular weight is 279 g/mol. The van der Waals surface area contributed by atoms with Gasteiger partial charge in [0, 0.05) is 22.3 Å². The summed E-state index contributed by atoms with van der Waals surface area (Å²) in [7, 11) is 0. The fourth-order valence-corrected chi connectivity index (χ4v) is 3.31. The fourth-order valence-electron chi connectivity index (χ4n) is 2.67. The number of rotatable bonds is 3. The predicted octanol–water partition coefficient (Wildman–Crippen LogP) is 4.17. The fraction of sp³-hybridized carbons (Fsp3) is 0.188. The number of fused-ring (bicyclic) bond motifs is 3. The molecule has 4 rings (SSSR count). The van der Waals surface area contributed by atoms with Crippen molar-refractivity contribution < 1.29 is 0 Å². The van der Waals surface area contributed by atoms with Crippen molar-refractivity contribution in [3.8, 4) is 22.5 Å². The molecule has 0 unspecified atom stereocenters. The Bertz CT molecular complexity index is 809. The Balaban J connectivity index is 1.94. The SMILES string of the molecule is CCCSc1nnc2c(n1)-c1cccc3cccc-2c13. The second-order valence-electron chi connectivity index (χ2n) is 4.85. The maximum absolute atomic E-state index is 4.72. The van der Waals surface area contributed by atoms with Crippen LogP contribution in [-0.2, 0) is 0 Å². The van der Waals surface area contributed by atoms with Gasteiger partial charge in [0.2, 0.25) is 5.16 Å². The third kappa shape index (κ3) is 1.64. The van der Waals surface area contributed by atoms with E-state index >= 15 is 0 Å². The van der Waals surface area contributed by atoms with E-state index in [4.69, 9.17) is 4.98 Å². The van der Waals surface area contributed by atoms with E-state index in [0.29, 0.717) is 0 Å². The van der Waals surface area contributed by atoms with Gasteiger partial charge in [-0.25, -0.2) is 4.98 Å². The summed E-state index contributed by atoms with van der Waals surface area (Å²) in [5, 5.41) is 11.9. The maximum Gasteiger partial charge on any atom is 0.209 e. The summed E-state index contributed by atoms with van der Waals surface area (Å²) in [4.78, 5) is 4.72. The number of nitrogens with zero attached hydrogens (tertiary/aromatic N) is 3. The van der Waals surface area contributed by atoms with Crippen molar-refractivity contribution in [1.29, 1.82) is 0 Å². The van der Waals surface area contributed by atoms with Crippen LogP contribution in [0.1, 0.15) is 13.3 Å². The molecule has 1 aliphatic carbocycles. The number of hydrogen-bond donors (Lipinski definition) is 0. The lowest BCUT2D eigenvalue weighted by Gasteiger charge is -2.02. The Morgan fingerprint density at radius 3 is 2.45 bits per heavy atom. The topological polar surface area (TPSA) is 38.7 Å². The summed E-state index contributed by atoms with van der Waals surface area (Å²) in [6.07, 6.45) is 1.11. The monoisotopic (exact) mass is 279 g/mol. The van der Waals surface area contributed by atoms with Gasteiger partial charge in [0.25, 0.3) is 0 Å². The van der Waals surface area contributed by atoms with E-state index in [-0.39, 0.29) is 0 Å². The van der Waals surface area contributed by atoms with Gasteiger partial charge < -0.3 is 0 Å².